The number of alkyl carbamates (subject to hydrolysis) is 1. The van der Waals surface area contributed by atoms with Crippen LogP contribution in [-0.4, -0.2) is 52.8 Å². The maximum absolute atomic E-state index is 12.6. The fourth-order valence-electron chi connectivity index (χ4n) is 5.53. The first-order chi connectivity index (χ1) is 17.0. The minimum absolute atomic E-state index is 0.0260. The number of piperidine rings is 1. The molecule has 178 valence electrons. The van der Waals surface area contributed by atoms with E-state index in [9.17, 15) is 14.4 Å². The van der Waals surface area contributed by atoms with Gasteiger partial charge in [0, 0.05) is 25.1 Å². The third-order valence-corrected chi connectivity index (χ3v) is 7.30. The molecule has 3 atom stereocenters. The SMILES string of the molecule is O=C(NCc1cc(C(=O)N2C[C@@H]3C(C(=O)O)[C@@H]3C2)no1)OCC1c2ccccc2-c2ccccc21. The maximum Gasteiger partial charge on any atom is 0.407 e. The van der Waals surface area contributed by atoms with Crippen LogP contribution in [0.5, 0.6) is 0 Å². The van der Waals surface area contributed by atoms with Gasteiger partial charge >= 0.3 is 12.1 Å². The smallest absolute Gasteiger partial charge is 0.407 e. The third kappa shape index (κ3) is 3.73. The number of rotatable bonds is 6. The number of carbonyl (C=O) groups is 3. The first-order valence-electron chi connectivity index (χ1n) is 11.6. The summed E-state index contributed by atoms with van der Waals surface area (Å²) in [5, 5.41) is 15.6. The van der Waals surface area contributed by atoms with Crippen molar-refractivity contribution >= 4 is 18.0 Å². The number of fused-ring (bicyclic) bond motifs is 4. The van der Waals surface area contributed by atoms with Crippen LogP contribution in [0.2, 0.25) is 0 Å². The average molecular weight is 473 g/mol. The molecule has 2 aromatic carbocycles. The number of carboxylic acids is 1. The minimum atomic E-state index is -0.796. The van der Waals surface area contributed by atoms with Crippen molar-refractivity contribution in [1.82, 2.24) is 15.4 Å². The summed E-state index contributed by atoms with van der Waals surface area (Å²) in [6.07, 6.45) is -0.588. The molecule has 2 fully saturated rings. The second kappa shape index (κ2) is 8.26. The van der Waals surface area contributed by atoms with Gasteiger partial charge in [-0.3, -0.25) is 9.59 Å². The van der Waals surface area contributed by atoms with Gasteiger partial charge in [-0.1, -0.05) is 53.7 Å². The second-order valence-corrected chi connectivity index (χ2v) is 9.26. The highest BCUT2D eigenvalue weighted by molar-refractivity contribution is 5.93. The number of amides is 2. The van der Waals surface area contributed by atoms with Crippen molar-refractivity contribution in [3.8, 4) is 11.1 Å². The summed E-state index contributed by atoms with van der Waals surface area (Å²) < 4.78 is 10.7. The number of aromatic nitrogens is 1. The summed E-state index contributed by atoms with van der Waals surface area (Å²) >= 11 is 0. The van der Waals surface area contributed by atoms with Crippen LogP contribution >= 0.6 is 0 Å². The molecule has 3 aliphatic rings. The van der Waals surface area contributed by atoms with Crippen molar-refractivity contribution in [2.75, 3.05) is 19.7 Å². The lowest BCUT2D eigenvalue weighted by atomic mass is 9.98. The number of ether oxygens (including phenoxy) is 1. The molecule has 3 aromatic rings. The number of aliphatic carboxylic acids is 1. The van der Waals surface area contributed by atoms with Crippen molar-refractivity contribution in [3.63, 3.8) is 0 Å². The zero-order valence-corrected chi connectivity index (χ0v) is 18.7. The van der Waals surface area contributed by atoms with Crippen molar-refractivity contribution in [1.29, 1.82) is 0 Å². The highest BCUT2D eigenvalue weighted by atomic mass is 16.5. The number of hydrogen-bond donors (Lipinski definition) is 2. The quantitative estimate of drug-likeness (QED) is 0.564. The minimum Gasteiger partial charge on any atom is -0.481 e. The molecule has 1 saturated carbocycles. The monoisotopic (exact) mass is 473 g/mol. The predicted octanol–water partition coefficient (Wildman–Crippen LogP) is 3.12. The number of carbonyl (C=O) groups excluding carboxylic acids is 2. The molecule has 6 rings (SSSR count). The van der Waals surface area contributed by atoms with E-state index in [4.69, 9.17) is 14.4 Å². The number of hydrogen-bond acceptors (Lipinski definition) is 6. The van der Waals surface area contributed by atoms with Crippen molar-refractivity contribution < 1.29 is 28.8 Å². The van der Waals surface area contributed by atoms with Gasteiger partial charge in [-0.2, -0.15) is 0 Å². The summed E-state index contributed by atoms with van der Waals surface area (Å²) in [7, 11) is 0. The topological polar surface area (TPSA) is 122 Å². The van der Waals surface area contributed by atoms with E-state index in [1.807, 2.05) is 24.3 Å². The van der Waals surface area contributed by atoms with E-state index >= 15 is 0 Å². The van der Waals surface area contributed by atoms with E-state index in [0.717, 1.165) is 22.3 Å². The van der Waals surface area contributed by atoms with E-state index in [1.165, 1.54) is 6.07 Å². The van der Waals surface area contributed by atoms with Gasteiger partial charge in [0.25, 0.3) is 5.91 Å². The first kappa shape index (κ1) is 21.4. The normalized spacial score (nSPS) is 21.7. The Morgan fingerprint density at radius 1 is 1.03 bits per heavy atom. The Labute approximate surface area is 200 Å². The summed E-state index contributed by atoms with van der Waals surface area (Å²) in [5.41, 5.74) is 4.72. The van der Waals surface area contributed by atoms with Crippen molar-refractivity contribution in [2.45, 2.75) is 12.5 Å². The van der Waals surface area contributed by atoms with Crippen LogP contribution in [0.1, 0.15) is 33.3 Å². The molecule has 1 unspecified atom stereocenters. The number of nitrogens with one attached hydrogen (secondary N) is 1. The van der Waals surface area contributed by atoms with Crippen LogP contribution in [0.3, 0.4) is 0 Å². The highest BCUT2D eigenvalue weighted by Crippen LogP contribution is 2.52. The molecule has 1 aliphatic heterocycles. The summed E-state index contributed by atoms with van der Waals surface area (Å²) in [4.78, 5) is 37.7. The van der Waals surface area contributed by atoms with Gasteiger partial charge in [-0.15, -0.1) is 0 Å². The Morgan fingerprint density at radius 2 is 1.66 bits per heavy atom. The largest absolute Gasteiger partial charge is 0.481 e. The molecule has 0 spiro atoms. The van der Waals surface area contributed by atoms with Gasteiger partial charge in [0.05, 0.1) is 12.5 Å². The van der Waals surface area contributed by atoms with Crippen LogP contribution in [0.15, 0.2) is 59.1 Å². The number of likely N-dealkylation sites (tertiary alicyclic amines) is 1. The number of nitrogens with zero attached hydrogens (tertiary/aromatic N) is 2. The molecule has 1 aromatic heterocycles. The van der Waals surface area contributed by atoms with E-state index in [0.29, 0.717) is 18.8 Å². The van der Waals surface area contributed by atoms with Crippen LogP contribution in [0.25, 0.3) is 11.1 Å². The number of carboxylic acid groups (broad SMARTS) is 1. The molecular formula is C26H23N3O6. The van der Waals surface area contributed by atoms with Gasteiger partial charge in [0.1, 0.15) is 6.61 Å². The predicted molar refractivity (Wildman–Crippen MR) is 122 cm³/mol. The second-order valence-electron chi connectivity index (χ2n) is 9.26. The van der Waals surface area contributed by atoms with E-state index in [-0.39, 0.29) is 48.4 Å². The fraction of sp³-hybridized carbons (Fsp3) is 0.308. The Morgan fingerprint density at radius 3 is 2.29 bits per heavy atom. The van der Waals surface area contributed by atoms with Gasteiger partial charge < -0.3 is 24.6 Å². The van der Waals surface area contributed by atoms with Gasteiger partial charge in [-0.05, 0) is 34.1 Å². The molecule has 2 aliphatic carbocycles. The summed E-state index contributed by atoms with van der Waals surface area (Å²) in [5.74, 6) is -1.08. The Bertz CT molecular complexity index is 1280. The molecule has 9 heteroatoms. The average Bonchev–Trinajstić information content (AvgIpc) is 3.23. The van der Waals surface area contributed by atoms with Crippen LogP contribution in [0, 0.1) is 17.8 Å². The van der Waals surface area contributed by atoms with Crippen molar-refractivity contribution in [3.05, 3.63) is 77.2 Å². The standard InChI is InChI=1S/C26H23N3O6/c30-24(29-11-19-20(12-29)23(19)25(31)32)22-9-14(35-28-22)10-27-26(33)34-13-21-17-7-3-1-5-15(17)16-6-2-4-8-18(16)21/h1-9,19-21,23H,10-13H2,(H,27,33)(H,31,32)/t19-,20+,23?. The highest BCUT2D eigenvalue weighted by Gasteiger charge is 2.60. The first-order valence-corrected chi connectivity index (χ1v) is 11.6. The van der Waals surface area contributed by atoms with Crippen LogP contribution < -0.4 is 5.32 Å². The molecule has 35 heavy (non-hydrogen) atoms. The van der Waals surface area contributed by atoms with E-state index < -0.39 is 12.1 Å². The fourth-order valence-corrected chi connectivity index (χ4v) is 5.53. The molecule has 0 radical (unpaired) electrons. The lowest BCUT2D eigenvalue weighted by molar-refractivity contribution is -0.139. The molecule has 2 amide bonds. The maximum atomic E-state index is 12.6. The zero-order chi connectivity index (χ0) is 24.1. The molecule has 9 nitrogen and oxygen atoms in total. The zero-order valence-electron chi connectivity index (χ0n) is 18.7. The molecule has 1 saturated heterocycles. The Balaban J connectivity index is 1.02. The number of benzene rings is 2. The van der Waals surface area contributed by atoms with Gasteiger partial charge in [-0.25, -0.2) is 4.79 Å². The van der Waals surface area contributed by atoms with Gasteiger partial charge in [0.2, 0.25) is 0 Å². The van der Waals surface area contributed by atoms with Crippen LogP contribution in [0.4, 0.5) is 4.79 Å². The molecule has 0 bridgehead atoms. The molecule has 2 N–H and O–H groups in total. The van der Waals surface area contributed by atoms with E-state index in [2.05, 4.69) is 34.7 Å². The summed E-state index contributed by atoms with van der Waals surface area (Å²) in [6, 6.07) is 17.7. The molecular weight excluding hydrogens is 450 g/mol. The lowest BCUT2D eigenvalue weighted by Crippen LogP contribution is -2.32. The lowest BCUT2D eigenvalue weighted by Gasteiger charge is -2.17. The van der Waals surface area contributed by atoms with E-state index in [1.54, 1.807) is 4.90 Å². The Hall–Kier alpha value is -4.14. The van der Waals surface area contributed by atoms with Crippen LogP contribution in [-0.2, 0) is 16.1 Å². The third-order valence-electron chi connectivity index (χ3n) is 7.30. The summed E-state index contributed by atoms with van der Waals surface area (Å²) in [6.45, 7) is 1.07. The molecule has 2 heterocycles. The van der Waals surface area contributed by atoms with Gasteiger partial charge in [0.15, 0.2) is 11.5 Å². The van der Waals surface area contributed by atoms with Crippen molar-refractivity contribution in [2.24, 2.45) is 17.8 Å². The Kier molecular flexibility index (Phi) is 5.05.